The number of hydrogen-bond acceptors (Lipinski definition) is 6. The summed E-state index contributed by atoms with van der Waals surface area (Å²) >= 11 is 1.69. The molecule has 0 radical (unpaired) electrons. The largest absolute Gasteiger partial charge is 0.345 e. The maximum atomic E-state index is 13.3. The topological polar surface area (TPSA) is 73.8 Å². The maximum Gasteiger partial charge on any atom is 0.253 e. The molecule has 2 aromatic carbocycles. The van der Waals surface area contributed by atoms with Crippen LogP contribution in [-0.2, 0) is 10.0 Å². The first kappa shape index (κ1) is 26.6. The Morgan fingerprint density at radius 2 is 1.58 bits per heavy atom. The fraction of sp³-hybridized carbons (Fsp3) is 0.481. The van der Waals surface area contributed by atoms with Gasteiger partial charge in [0.2, 0.25) is 10.0 Å². The quantitative estimate of drug-likeness (QED) is 0.417. The molecule has 7 nitrogen and oxygen atoms in total. The third kappa shape index (κ3) is 5.90. The molecular formula is C27H36N4O3S2. The number of carbonyl (C=O) groups is 1. The first-order valence-electron chi connectivity index (χ1n) is 12.6. The van der Waals surface area contributed by atoms with Gasteiger partial charge in [-0.3, -0.25) is 4.79 Å². The van der Waals surface area contributed by atoms with E-state index < -0.39 is 10.0 Å². The van der Waals surface area contributed by atoms with Crippen LogP contribution in [0.1, 0.15) is 43.6 Å². The van der Waals surface area contributed by atoms with Gasteiger partial charge >= 0.3 is 0 Å². The number of anilines is 1. The highest BCUT2D eigenvalue weighted by molar-refractivity contribution is 7.89. The van der Waals surface area contributed by atoms with E-state index in [0.29, 0.717) is 31.7 Å². The van der Waals surface area contributed by atoms with Crippen molar-refractivity contribution in [2.45, 2.75) is 39.5 Å². The van der Waals surface area contributed by atoms with E-state index in [9.17, 15) is 13.2 Å². The molecular weight excluding hydrogens is 492 g/mol. The molecule has 1 aromatic heterocycles. The van der Waals surface area contributed by atoms with Gasteiger partial charge in [-0.2, -0.15) is 4.31 Å². The zero-order valence-electron chi connectivity index (χ0n) is 21.8. The molecule has 1 saturated heterocycles. The highest BCUT2D eigenvalue weighted by atomic mass is 32.2. The molecule has 0 unspecified atom stereocenters. The summed E-state index contributed by atoms with van der Waals surface area (Å²) < 4.78 is 29.3. The van der Waals surface area contributed by atoms with Crippen LogP contribution in [0, 0.1) is 18.8 Å². The lowest BCUT2D eigenvalue weighted by Crippen LogP contribution is -2.48. The molecule has 0 bridgehead atoms. The van der Waals surface area contributed by atoms with Gasteiger partial charge in [-0.25, -0.2) is 13.4 Å². The average molecular weight is 529 g/mol. The van der Waals surface area contributed by atoms with Crippen molar-refractivity contribution < 1.29 is 13.2 Å². The third-order valence-electron chi connectivity index (χ3n) is 6.25. The van der Waals surface area contributed by atoms with Crippen LogP contribution in [0.5, 0.6) is 0 Å². The highest BCUT2D eigenvalue weighted by Gasteiger charge is 2.27. The Bertz CT molecular complexity index is 1300. The van der Waals surface area contributed by atoms with Crippen molar-refractivity contribution in [2.75, 3.05) is 44.2 Å². The monoisotopic (exact) mass is 528 g/mol. The number of aryl methyl sites for hydroxylation is 1. The predicted octanol–water partition coefficient (Wildman–Crippen LogP) is 4.87. The second kappa shape index (κ2) is 10.9. The Kier molecular flexibility index (Phi) is 8.02. The van der Waals surface area contributed by atoms with E-state index in [2.05, 4.69) is 30.0 Å². The molecule has 0 saturated carbocycles. The number of fused-ring (bicyclic) bond motifs is 1. The number of sulfonamides is 1. The predicted molar refractivity (Wildman–Crippen MR) is 147 cm³/mol. The summed E-state index contributed by atoms with van der Waals surface area (Å²) in [4.78, 5) is 22.2. The minimum Gasteiger partial charge on any atom is -0.345 e. The Morgan fingerprint density at radius 3 is 2.17 bits per heavy atom. The lowest BCUT2D eigenvalue weighted by molar-refractivity contribution is 0.0746. The van der Waals surface area contributed by atoms with Crippen LogP contribution in [0.15, 0.2) is 47.4 Å². The van der Waals surface area contributed by atoms with Gasteiger partial charge in [-0.1, -0.05) is 45.1 Å². The summed E-state index contributed by atoms with van der Waals surface area (Å²) in [5.41, 5.74) is 2.74. The number of piperazine rings is 1. The fourth-order valence-electron chi connectivity index (χ4n) is 4.44. The molecule has 0 spiro atoms. The number of aromatic nitrogens is 1. The smallest absolute Gasteiger partial charge is 0.253 e. The zero-order valence-corrected chi connectivity index (χ0v) is 23.4. The normalized spacial score (nSPS) is 15.0. The molecule has 1 aliphatic rings. The minimum absolute atomic E-state index is 0.0697. The summed E-state index contributed by atoms with van der Waals surface area (Å²) in [5, 5.41) is 0.990. The van der Waals surface area contributed by atoms with Gasteiger partial charge in [0.25, 0.3) is 5.91 Å². The van der Waals surface area contributed by atoms with Crippen molar-refractivity contribution in [3.63, 3.8) is 0 Å². The van der Waals surface area contributed by atoms with Crippen molar-refractivity contribution in [2.24, 2.45) is 11.8 Å². The molecule has 36 heavy (non-hydrogen) atoms. The molecule has 0 aliphatic carbocycles. The van der Waals surface area contributed by atoms with E-state index in [1.807, 2.05) is 32.6 Å². The number of amides is 1. The first-order valence-corrected chi connectivity index (χ1v) is 14.8. The van der Waals surface area contributed by atoms with Crippen LogP contribution in [0.4, 0.5) is 5.13 Å². The van der Waals surface area contributed by atoms with Gasteiger partial charge < -0.3 is 9.80 Å². The van der Waals surface area contributed by atoms with Crippen molar-refractivity contribution in [3.8, 4) is 0 Å². The van der Waals surface area contributed by atoms with Crippen molar-refractivity contribution in [3.05, 3.63) is 53.6 Å². The molecule has 3 aromatic rings. The number of nitrogens with zero attached hydrogens (tertiary/aromatic N) is 4. The molecule has 1 fully saturated rings. The molecule has 4 rings (SSSR count). The van der Waals surface area contributed by atoms with Gasteiger partial charge in [0.05, 0.1) is 15.1 Å². The van der Waals surface area contributed by atoms with Crippen LogP contribution in [0.3, 0.4) is 0 Å². The lowest BCUT2D eigenvalue weighted by atomic mass is 10.2. The number of thiazole rings is 1. The highest BCUT2D eigenvalue weighted by Crippen LogP contribution is 2.30. The minimum atomic E-state index is -3.61. The van der Waals surface area contributed by atoms with E-state index >= 15 is 0 Å². The van der Waals surface area contributed by atoms with Crippen molar-refractivity contribution in [1.82, 2.24) is 14.2 Å². The fourth-order valence-corrected chi connectivity index (χ4v) is 7.32. The van der Waals surface area contributed by atoms with Gasteiger partial charge in [0.1, 0.15) is 0 Å². The lowest BCUT2D eigenvalue weighted by Gasteiger charge is -2.34. The Hall–Kier alpha value is -2.49. The Balaban J connectivity index is 1.41. The summed E-state index contributed by atoms with van der Waals surface area (Å²) in [6.07, 6.45) is 0. The molecule has 0 N–H and O–H groups in total. The van der Waals surface area contributed by atoms with Crippen molar-refractivity contribution >= 4 is 42.6 Å². The van der Waals surface area contributed by atoms with Gasteiger partial charge in [0.15, 0.2) is 5.13 Å². The first-order chi connectivity index (χ1) is 17.0. The SMILES string of the molecule is Cc1ccc2nc(N3CCN(C(=O)c4ccc(S(=O)(=O)N(CC(C)C)CC(C)C)cc4)CC3)sc2c1. The maximum absolute atomic E-state index is 13.3. The molecule has 0 atom stereocenters. The summed E-state index contributed by atoms with van der Waals surface area (Å²) in [6, 6.07) is 12.7. The standard InChI is InChI=1S/C27H36N4O3S2/c1-19(2)17-31(18-20(3)4)36(33,34)23-9-7-22(8-10-23)26(32)29-12-14-30(15-13-29)27-28-24-11-6-21(5)16-25(24)35-27/h6-11,16,19-20H,12-15,17-18H2,1-5H3. The summed E-state index contributed by atoms with van der Waals surface area (Å²) in [7, 11) is -3.61. The molecule has 2 heterocycles. The summed E-state index contributed by atoms with van der Waals surface area (Å²) in [6.45, 7) is 13.7. The average Bonchev–Trinajstić information content (AvgIpc) is 3.26. The Labute approximate surface area is 218 Å². The summed E-state index contributed by atoms with van der Waals surface area (Å²) in [5.74, 6) is 0.384. The second-order valence-corrected chi connectivity index (χ2v) is 13.3. The van der Waals surface area contributed by atoms with E-state index in [0.717, 1.165) is 23.7 Å². The van der Waals surface area contributed by atoms with Crippen molar-refractivity contribution in [1.29, 1.82) is 0 Å². The molecule has 9 heteroatoms. The molecule has 1 amide bonds. The third-order valence-corrected chi connectivity index (χ3v) is 9.17. The van der Waals surface area contributed by atoms with E-state index in [1.54, 1.807) is 39.9 Å². The number of hydrogen-bond donors (Lipinski definition) is 0. The Morgan fingerprint density at radius 1 is 0.972 bits per heavy atom. The van der Waals surface area contributed by atoms with E-state index in [-0.39, 0.29) is 22.6 Å². The number of carbonyl (C=O) groups excluding carboxylic acids is 1. The van der Waals surface area contributed by atoms with Crippen LogP contribution >= 0.6 is 11.3 Å². The van der Waals surface area contributed by atoms with E-state index in [4.69, 9.17) is 4.98 Å². The van der Waals surface area contributed by atoms with Gasteiger partial charge in [-0.15, -0.1) is 0 Å². The van der Waals surface area contributed by atoms with Crippen LogP contribution in [-0.4, -0.2) is 67.8 Å². The van der Waals surface area contributed by atoms with Gasteiger partial charge in [-0.05, 0) is 60.7 Å². The van der Waals surface area contributed by atoms with Crippen LogP contribution in [0.2, 0.25) is 0 Å². The van der Waals surface area contributed by atoms with Crippen LogP contribution in [0.25, 0.3) is 10.2 Å². The number of benzene rings is 2. The zero-order chi connectivity index (χ0) is 26.0. The second-order valence-electron chi connectivity index (χ2n) is 10.4. The van der Waals surface area contributed by atoms with E-state index in [1.165, 1.54) is 10.3 Å². The molecule has 1 aliphatic heterocycles. The number of rotatable bonds is 8. The van der Waals surface area contributed by atoms with Crippen LogP contribution < -0.4 is 4.90 Å². The molecule has 194 valence electrons. The van der Waals surface area contributed by atoms with Gasteiger partial charge in [0, 0.05) is 44.8 Å².